The summed E-state index contributed by atoms with van der Waals surface area (Å²) in [6, 6.07) is 21.8. The fourth-order valence-electron chi connectivity index (χ4n) is 4.19. The average Bonchev–Trinajstić information content (AvgIpc) is 3.29. The van der Waals surface area contributed by atoms with Crippen molar-refractivity contribution in [3.8, 4) is 0 Å². The standard InChI is InChI=1S/C21H22/c1-3-9-16(10-4-1)15-20(17-11-5-2-6-12-17)21-18-13-7-8-14-19(18)21/h1-6,9-12,15,18-19,21H,7-8,13-14H2/b20-15-/t18-,19+,21?. The van der Waals surface area contributed by atoms with Gasteiger partial charge in [0.25, 0.3) is 0 Å². The molecule has 0 nitrogen and oxygen atoms in total. The molecule has 0 N–H and O–H groups in total. The minimum atomic E-state index is 0.801. The normalized spacial score (nSPS) is 28.0. The first-order valence-corrected chi connectivity index (χ1v) is 8.25. The van der Waals surface area contributed by atoms with Crippen molar-refractivity contribution in [3.63, 3.8) is 0 Å². The van der Waals surface area contributed by atoms with E-state index in [0.29, 0.717) is 0 Å². The van der Waals surface area contributed by atoms with Gasteiger partial charge in [0, 0.05) is 0 Å². The van der Waals surface area contributed by atoms with Crippen molar-refractivity contribution < 1.29 is 0 Å². The fourth-order valence-corrected chi connectivity index (χ4v) is 4.19. The Morgan fingerprint density at radius 1 is 0.762 bits per heavy atom. The molecule has 2 aromatic carbocycles. The Morgan fingerprint density at radius 3 is 1.95 bits per heavy atom. The summed E-state index contributed by atoms with van der Waals surface area (Å²) in [5.41, 5.74) is 4.32. The van der Waals surface area contributed by atoms with E-state index in [-0.39, 0.29) is 0 Å². The van der Waals surface area contributed by atoms with Crippen LogP contribution in [0.5, 0.6) is 0 Å². The van der Waals surface area contributed by atoms with Crippen LogP contribution < -0.4 is 0 Å². The third-order valence-corrected chi connectivity index (χ3v) is 5.24. The van der Waals surface area contributed by atoms with Crippen LogP contribution in [0.25, 0.3) is 11.6 Å². The smallest absolute Gasteiger partial charge is 0.00934 e. The van der Waals surface area contributed by atoms with Gasteiger partial charge in [-0.15, -0.1) is 0 Å². The molecule has 0 radical (unpaired) electrons. The Hall–Kier alpha value is -1.82. The van der Waals surface area contributed by atoms with Gasteiger partial charge in [0.05, 0.1) is 0 Å². The molecule has 0 aliphatic heterocycles. The minimum absolute atomic E-state index is 0.801. The molecular weight excluding hydrogens is 252 g/mol. The van der Waals surface area contributed by atoms with Crippen LogP contribution in [0, 0.1) is 17.8 Å². The molecule has 3 atom stereocenters. The molecular formula is C21H22. The van der Waals surface area contributed by atoms with Gasteiger partial charge in [0.2, 0.25) is 0 Å². The third-order valence-electron chi connectivity index (χ3n) is 5.24. The predicted molar refractivity (Wildman–Crippen MR) is 89.7 cm³/mol. The van der Waals surface area contributed by atoms with Crippen molar-refractivity contribution in [1.82, 2.24) is 0 Å². The highest BCUT2D eigenvalue weighted by atomic mass is 14.6. The van der Waals surface area contributed by atoms with E-state index in [9.17, 15) is 0 Å². The number of allylic oxidation sites excluding steroid dienone is 1. The van der Waals surface area contributed by atoms with Gasteiger partial charge in [-0.25, -0.2) is 0 Å². The summed E-state index contributed by atoms with van der Waals surface area (Å²) in [6.45, 7) is 0. The Bertz CT molecular complexity index is 612. The average molecular weight is 274 g/mol. The third kappa shape index (κ3) is 2.55. The van der Waals surface area contributed by atoms with Gasteiger partial charge in [-0.1, -0.05) is 79.6 Å². The molecule has 0 spiro atoms. The lowest BCUT2D eigenvalue weighted by Crippen LogP contribution is -1.91. The highest BCUT2D eigenvalue weighted by molar-refractivity contribution is 5.84. The molecule has 2 aliphatic carbocycles. The van der Waals surface area contributed by atoms with Crippen LogP contribution in [-0.2, 0) is 0 Å². The van der Waals surface area contributed by atoms with E-state index in [4.69, 9.17) is 0 Å². The van der Waals surface area contributed by atoms with E-state index in [1.165, 1.54) is 36.8 Å². The summed E-state index contributed by atoms with van der Waals surface area (Å²) in [7, 11) is 0. The second-order valence-corrected chi connectivity index (χ2v) is 6.51. The van der Waals surface area contributed by atoms with Gasteiger partial charge in [0.15, 0.2) is 0 Å². The zero-order chi connectivity index (χ0) is 14.1. The number of fused-ring (bicyclic) bond motifs is 1. The van der Waals surface area contributed by atoms with Gasteiger partial charge in [0.1, 0.15) is 0 Å². The highest BCUT2D eigenvalue weighted by Gasteiger charge is 2.52. The topological polar surface area (TPSA) is 0 Å². The summed E-state index contributed by atoms with van der Waals surface area (Å²) in [5, 5.41) is 0. The first-order chi connectivity index (χ1) is 10.4. The zero-order valence-corrected chi connectivity index (χ0v) is 12.4. The Balaban J connectivity index is 1.72. The van der Waals surface area contributed by atoms with Crippen LogP contribution in [0.3, 0.4) is 0 Å². The molecule has 0 heteroatoms. The first kappa shape index (κ1) is 12.9. The molecule has 4 rings (SSSR count). The molecule has 0 saturated heterocycles. The number of benzene rings is 2. The SMILES string of the molecule is C(=C(\c1ccccc1)C1[C@H]2CCCC[C@@H]12)/c1ccccc1. The van der Waals surface area contributed by atoms with Gasteiger partial charge >= 0.3 is 0 Å². The molecule has 2 aromatic rings. The van der Waals surface area contributed by atoms with Gasteiger partial charge in [-0.2, -0.15) is 0 Å². The van der Waals surface area contributed by atoms with Gasteiger partial charge in [-0.3, -0.25) is 0 Å². The Morgan fingerprint density at radius 2 is 1.33 bits per heavy atom. The van der Waals surface area contributed by atoms with E-state index in [1.807, 2.05) is 0 Å². The van der Waals surface area contributed by atoms with Crippen molar-refractivity contribution in [2.45, 2.75) is 25.7 Å². The van der Waals surface area contributed by atoms with Gasteiger partial charge in [-0.05, 0) is 47.3 Å². The van der Waals surface area contributed by atoms with E-state index in [1.54, 1.807) is 5.57 Å². The lowest BCUT2D eigenvalue weighted by molar-refractivity contribution is 0.480. The largest absolute Gasteiger partial charge is 0.0622 e. The summed E-state index contributed by atoms with van der Waals surface area (Å²) >= 11 is 0. The quantitative estimate of drug-likeness (QED) is 0.633. The lowest BCUT2D eigenvalue weighted by atomic mass is 9.96. The molecule has 1 unspecified atom stereocenters. The maximum Gasteiger partial charge on any atom is -0.00934 e. The predicted octanol–water partition coefficient (Wildman–Crippen LogP) is 5.66. The van der Waals surface area contributed by atoms with Crippen LogP contribution in [0.1, 0.15) is 36.8 Å². The van der Waals surface area contributed by atoms with Crippen LogP contribution in [0.2, 0.25) is 0 Å². The second kappa shape index (κ2) is 5.52. The van der Waals surface area contributed by atoms with Crippen LogP contribution in [-0.4, -0.2) is 0 Å². The lowest BCUT2D eigenvalue weighted by Gasteiger charge is -2.08. The molecule has 21 heavy (non-hydrogen) atoms. The van der Waals surface area contributed by atoms with Crippen LogP contribution >= 0.6 is 0 Å². The molecule has 2 saturated carbocycles. The summed E-state index contributed by atoms with van der Waals surface area (Å²) in [5.74, 6) is 2.71. The van der Waals surface area contributed by atoms with E-state index >= 15 is 0 Å². The monoisotopic (exact) mass is 274 g/mol. The van der Waals surface area contributed by atoms with E-state index in [2.05, 4.69) is 66.7 Å². The van der Waals surface area contributed by atoms with Crippen molar-refractivity contribution in [2.24, 2.45) is 17.8 Å². The summed E-state index contributed by atoms with van der Waals surface area (Å²) < 4.78 is 0. The van der Waals surface area contributed by atoms with E-state index < -0.39 is 0 Å². The molecule has 106 valence electrons. The molecule has 0 amide bonds. The van der Waals surface area contributed by atoms with E-state index in [0.717, 1.165) is 17.8 Å². The van der Waals surface area contributed by atoms with Gasteiger partial charge < -0.3 is 0 Å². The Kier molecular flexibility index (Phi) is 3.39. The summed E-state index contributed by atoms with van der Waals surface area (Å²) in [6.07, 6.45) is 8.18. The highest BCUT2D eigenvalue weighted by Crippen LogP contribution is 2.61. The van der Waals surface area contributed by atoms with Crippen LogP contribution in [0.15, 0.2) is 60.7 Å². The molecule has 0 aromatic heterocycles. The molecule has 2 aliphatic rings. The second-order valence-electron chi connectivity index (χ2n) is 6.51. The summed E-state index contributed by atoms with van der Waals surface area (Å²) in [4.78, 5) is 0. The fraction of sp³-hybridized carbons (Fsp3) is 0.333. The molecule has 0 heterocycles. The first-order valence-electron chi connectivity index (χ1n) is 8.25. The molecule has 2 fully saturated rings. The number of hydrogen-bond acceptors (Lipinski definition) is 0. The Labute approximate surface area is 127 Å². The zero-order valence-electron chi connectivity index (χ0n) is 12.4. The van der Waals surface area contributed by atoms with Crippen molar-refractivity contribution in [2.75, 3.05) is 0 Å². The van der Waals surface area contributed by atoms with Crippen molar-refractivity contribution in [3.05, 3.63) is 71.8 Å². The maximum atomic E-state index is 2.43. The number of hydrogen-bond donors (Lipinski definition) is 0. The number of rotatable bonds is 3. The van der Waals surface area contributed by atoms with Crippen LogP contribution in [0.4, 0.5) is 0 Å². The van der Waals surface area contributed by atoms with Crippen molar-refractivity contribution >= 4 is 11.6 Å². The minimum Gasteiger partial charge on any atom is -0.0622 e. The molecule has 0 bridgehead atoms. The van der Waals surface area contributed by atoms with Crippen molar-refractivity contribution in [1.29, 1.82) is 0 Å². The maximum absolute atomic E-state index is 2.43.